The lowest BCUT2D eigenvalue weighted by molar-refractivity contribution is -0.302. The van der Waals surface area contributed by atoms with Crippen LogP contribution in [-0.2, 0) is 14.3 Å². The molecule has 7 unspecified atom stereocenters. The highest BCUT2D eigenvalue weighted by atomic mass is 16.7. The maximum absolute atomic E-state index is 13.1. The summed E-state index contributed by atoms with van der Waals surface area (Å²) in [5, 5.41) is 54.5. The van der Waals surface area contributed by atoms with Gasteiger partial charge in [0.1, 0.15) is 24.4 Å². The Labute approximate surface area is 441 Å². The van der Waals surface area contributed by atoms with Crippen LogP contribution in [0.25, 0.3) is 0 Å². The van der Waals surface area contributed by atoms with Crippen LogP contribution in [-0.4, -0.2) is 87.5 Å². The lowest BCUT2D eigenvalue weighted by atomic mass is 9.99. The minimum absolute atomic E-state index is 0.179. The van der Waals surface area contributed by atoms with E-state index in [2.05, 4.69) is 92.1 Å². The number of carbonyl (C=O) groups is 1. The molecule has 1 heterocycles. The van der Waals surface area contributed by atoms with E-state index in [4.69, 9.17) is 9.47 Å². The van der Waals surface area contributed by atoms with Gasteiger partial charge in [0.15, 0.2) is 6.29 Å². The molecule has 0 aromatic heterocycles. The normalized spacial score (nSPS) is 19.8. The van der Waals surface area contributed by atoms with Gasteiger partial charge in [0, 0.05) is 6.42 Å². The summed E-state index contributed by atoms with van der Waals surface area (Å²) in [6.45, 7) is 3.67. The van der Waals surface area contributed by atoms with E-state index in [-0.39, 0.29) is 12.5 Å². The molecule has 1 saturated heterocycles. The number of aliphatic hydroxyl groups excluding tert-OH is 5. The lowest BCUT2D eigenvalue weighted by Crippen LogP contribution is -2.60. The lowest BCUT2D eigenvalue weighted by Gasteiger charge is -2.40. The smallest absolute Gasteiger partial charge is 0.220 e. The summed E-state index contributed by atoms with van der Waals surface area (Å²) in [7, 11) is 0. The average molecular weight is 1010 g/mol. The fourth-order valence-electron chi connectivity index (χ4n) is 9.04. The van der Waals surface area contributed by atoms with E-state index >= 15 is 0 Å². The van der Waals surface area contributed by atoms with Crippen molar-refractivity contribution in [3.05, 3.63) is 85.1 Å². The van der Waals surface area contributed by atoms with Crippen LogP contribution in [0.3, 0.4) is 0 Å². The van der Waals surface area contributed by atoms with E-state index < -0.39 is 49.5 Å². The zero-order chi connectivity index (χ0) is 52.2. The van der Waals surface area contributed by atoms with E-state index in [1.54, 1.807) is 6.08 Å². The van der Waals surface area contributed by atoms with E-state index in [0.29, 0.717) is 6.42 Å². The Hall–Kier alpha value is -2.63. The van der Waals surface area contributed by atoms with Gasteiger partial charge in [-0.3, -0.25) is 4.79 Å². The third kappa shape index (κ3) is 40.7. The molecule has 1 rings (SSSR count). The highest BCUT2D eigenvalue weighted by Crippen LogP contribution is 2.23. The quantitative estimate of drug-likeness (QED) is 0.0261. The minimum atomic E-state index is -1.57. The third-order valence-corrected chi connectivity index (χ3v) is 13.7. The summed E-state index contributed by atoms with van der Waals surface area (Å²) in [5.74, 6) is -0.179. The zero-order valence-corrected chi connectivity index (χ0v) is 46.2. The molecule has 0 radical (unpaired) electrons. The second-order valence-electron chi connectivity index (χ2n) is 20.4. The highest BCUT2D eigenvalue weighted by molar-refractivity contribution is 5.76. The predicted molar refractivity (Wildman–Crippen MR) is 304 cm³/mol. The molecule has 0 spiro atoms. The van der Waals surface area contributed by atoms with Crippen LogP contribution in [0.1, 0.15) is 251 Å². The van der Waals surface area contributed by atoms with Crippen molar-refractivity contribution < 1.29 is 39.8 Å². The number of nitrogens with one attached hydrogen (secondary N) is 1. The first-order valence-electron chi connectivity index (χ1n) is 29.8. The minimum Gasteiger partial charge on any atom is -0.394 e. The Kier molecular flexibility index (Phi) is 48.5. The van der Waals surface area contributed by atoms with Crippen molar-refractivity contribution in [3.63, 3.8) is 0 Å². The van der Waals surface area contributed by atoms with Crippen LogP contribution >= 0.6 is 0 Å². The molecule has 1 amide bonds. The second kappa shape index (κ2) is 51.8. The van der Waals surface area contributed by atoms with E-state index in [9.17, 15) is 30.3 Å². The van der Waals surface area contributed by atoms with Crippen molar-refractivity contribution in [1.82, 2.24) is 5.32 Å². The highest BCUT2D eigenvalue weighted by Gasteiger charge is 2.44. The largest absolute Gasteiger partial charge is 0.394 e. The first-order chi connectivity index (χ1) is 35.3. The molecule has 72 heavy (non-hydrogen) atoms. The van der Waals surface area contributed by atoms with Crippen molar-refractivity contribution in [3.8, 4) is 0 Å². The van der Waals surface area contributed by atoms with Gasteiger partial charge in [-0.1, -0.05) is 259 Å². The van der Waals surface area contributed by atoms with Gasteiger partial charge < -0.3 is 40.3 Å². The molecule has 6 N–H and O–H groups in total. The molecular formula is C63H111NO8. The SMILES string of the molecule is CC/C=C\C/C=C\C/C=C\C/C=C\C/C=C\C/C=C\CCCCCCCCCCCCCCCCC(=O)NC(COC1OC(CO)C(O)C(O)C1O)C(O)/C=C/CCCCCCCCCCCCCCCC. The summed E-state index contributed by atoms with van der Waals surface area (Å²) < 4.78 is 11.3. The van der Waals surface area contributed by atoms with Crippen LogP contribution in [0.4, 0.5) is 0 Å². The van der Waals surface area contributed by atoms with E-state index in [1.165, 1.54) is 154 Å². The Morgan fingerprint density at radius 3 is 1.28 bits per heavy atom. The van der Waals surface area contributed by atoms with E-state index in [1.807, 2.05) is 6.08 Å². The summed E-state index contributed by atoms with van der Waals surface area (Å²) in [4.78, 5) is 13.1. The fraction of sp³-hybridized carbons (Fsp3) is 0.762. The maximum atomic E-state index is 13.1. The Morgan fingerprint density at radius 2 is 0.861 bits per heavy atom. The Morgan fingerprint density at radius 1 is 0.486 bits per heavy atom. The fourth-order valence-corrected chi connectivity index (χ4v) is 9.04. The van der Waals surface area contributed by atoms with Crippen LogP contribution in [0.5, 0.6) is 0 Å². The summed E-state index contributed by atoms with van der Waals surface area (Å²) in [6, 6.07) is -0.809. The van der Waals surface area contributed by atoms with E-state index in [0.717, 1.165) is 77.0 Å². The maximum Gasteiger partial charge on any atom is 0.220 e. The van der Waals surface area contributed by atoms with Gasteiger partial charge in [0.05, 0.1) is 25.4 Å². The molecule has 0 aromatic rings. The first kappa shape index (κ1) is 67.4. The van der Waals surface area contributed by atoms with Gasteiger partial charge in [0.25, 0.3) is 0 Å². The molecule has 9 heteroatoms. The summed E-state index contributed by atoms with van der Waals surface area (Å²) >= 11 is 0. The topological polar surface area (TPSA) is 149 Å². The van der Waals surface area contributed by atoms with Gasteiger partial charge in [-0.25, -0.2) is 0 Å². The van der Waals surface area contributed by atoms with Gasteiger partial charge >= 0.3 is 0 Å². The van der Waals surface area contributed by atoms with Gasteiger partial charge in [-0.15, -0.1) is 0 Å². The summed E-state index contributed by atoms with van der Waals surface area (Å²) in [6.07, 6.45) is 66.5. The molecule has 1 fully saturated rings. The molecule has 0 saturated carbocycles. The van der Waals surface area contributed by atoms with Crippen LogP contribution < -0.4 is 5.32 Å². The number of rotatable bonds is 50. The standard InChI is InChI=1S/C63H111NO8/c1-3-5-7-9-11-13-15-17-19-21-22-23-24-25-26-27-28-29-30-31-32-33-34-35-36-37-39-41-43-45-47-49-51-53-59(67)64-56(55-71-63-62(70)61(69)60(68)58(54-65)72-63)57(66)52-50-48-46-44-42-40-38-20-18-16-14-12-10-8-6-4-2/h5,7,11,13,17,19,22-23,25-26,28-29,50,52,56-58,60-63,65-66,68-70H,3-4,6,8-10,12,14-16,18,20-21,24,27,30-49,51,53-55H2,1-2H3,(H,64,67)/b7-5-,13-11-,19-17-,23-22-,26-25-,29-28-,52-50+. The number of carbonyl (C=O) groups excluding carboxylic acids is 1. The van der Waals surface area contributed by atoms with Crippen molar-refractivity contribution in [2.75, 3.05) is 13.2 Å². The molecule has 7 atom stereocenters. The molecule has 0 aromatic carbocycles. The number of aliphatic hydroxyl groups is 5. The van der Waals surface area contributed by atoms with Gasteiger partial charge in [-0.05, 0) is 70.6 Å². The Bertz CT molecular complexity index is 1400. The van der Waals surface area contributed by atoms with Crippen LogP contribution in [0, 0.1) is 0 Å². The Balaban J connectivity index is 2.16. The van der Waals surface area contributed by atoms with Gasteiger partial charge in [-0.2, -0.15) is 0 Å². The van der Waals surface area contributed by atoms with Crippen LogP contribution in [0.15, 0.2) is 85.1 Å². The molecule has 1 aliphatic rings. The molecule has 416 valence electrons. The first-order valence-corrected chi connectivity index (χ1v) is 29.8. The second-order valence-corrected chi connectivity index (χ2v) is 20.4. The number of hydrogen-bond donors (Lipinski definition) is 6. The zero-order valence-electron chi connectivity index (χ0n) is 46.2. The predicted octanol–water partition coefficient (Wildman–Crippen LogP) is 15.0. The van der Waals surface area contributed by atoms with Crippen molar-refractivity contribution in [2.24, 2.45) is 0 Å². The molecule has 0 bridgehead atoms. The number of hydrogen-bond acceptors (Lipinski definition) is 8. The van der Waals surface area contributed by atoms with Crippen LogP contribution in [0.2, 0.25) is 0 Å². The van der Waals surface area contributed by atoms with Crippen molar-refractivity contribution in [2.45, 2.75) is 294 Å². The van der Waals surface area contributed by atoms with Gasteiger partial charge in [0.2, 0.25) is 5.91 Å². The molecule has 0 aliphatic carbocycles. The van der Waals surface area contributed by atoms with Crippen molar-refractivity contribution in [1.29, 1.82) is 0 Å². The molecule has 9 nitrogen and oxygen atoms in total. The summed E-state index contributed by atoms with van der Waals surface area (Å²) in [5.41, 5.74) is 0. The molecular weight excluding hydrogens is 899 g/mol. The molecule has 1 aliphatic heterocycles. The monoisotopic (exact) mass is 1010 g/mol. The van der Waals surface area contributed by atoms with Crippen molar-refractivity contribution >= 4 is 5.91 Å². The average Bonchev–Trinajstić information content (AvgIpc) is 3.38. The number of unbranched alkanes of at least 4 members (excludes halogenated alkanes) is 28. The number of allylic oxidation sites excluding steroid dienone is 13. The third-order valence-electron chi connectivity index (χ3n) is 13.7. The number of ether oxygens (including phenoxy) is 2. The number of amides is 1.